The Labute approximate surface area is 71.3 Å². The minimum absolute atomic E-state index is 0.495. The number of benzene rings is 1. The van der Waals surface area contributed by atoms with Gasteiger partial charge in [0.05, 0.1) is 12.8 Å². The van der Waals surface area contributed by atoms with Gasteiger partial charge < -0.3 is 4.74 Å². The standard InChI is InChI=1S/C9H12FNO/c1-6-4-5-8(12-3)7(2)9(6)11-10/h4-5,11H,1-3H3. The van der Waals surface area contributed by atoms with Gasteiger partial charge in [0.25, 0.3) is 0 Å². The van der Waals surface area contributed by atoms with Crippen LogP contribution in [0.1, 0.15) is 11.1 Å². The van der Waals surface area contributed by atoms with Gasteiger partial charge >= 0.3 is 0 Å². The highest BCUT2D eigenvalue weighted by Gasteiger charge is 2.06. The van der Waals surface area contributed by atoms with E-state index in [0.717, 1.165) is 11.1 Å². The van der Waals surface area contributed by atoms with E-state index in [2.05, 4.69) is 0 Å². The first-order valence-corrected chi connectivity index (χ1v) is 3.71. The Balaban J connectivity index is 3.24. The van der Waals surface area contributed by atoms with Crippen LogP contribution in [0.2, 0.25) is 0 Å². The van der Waals surface area contributed by atoms with Gasteiger partial charge in [-0.05, 0) is 25.5 Å². The molecule has 3 heteroatoms. The van der Waals surface area contributed by atoms with E-state index >= 15 is 0 Å². The van der Waals surface area contributed by atoms with Gasteiger partial charge in [-0.3, -0.25) is 0 Å². The third kappa shape index (κ3) is 1.35. The molecule has 0 spiro atoms. The first kappa shape index (κ1) is 8.84. The molecule has 0 saturated carbocycles. The molecule has 0 heterocycles. The van der Waals surface area contributed by atoms with Crippen molar-refractivity contribution >= 4 is 5.69 Å². The summed E-state index contributed by atoms with van der Waals surface area (Å²) in [5.74, 6) is 0.695. The molecule has 0 fully saturated rings. The first-order chi connectivity index (χ1) is 5.70. The van der Waals surface area contributed by atoms with Crippen LogP contribution in [-0.2, 0) is 0 Å². The number of aryl methyl sites for hydroxylation is 1. The Morgan fingerprint density at radius 2 is 2.00 bits per heavy atom. The Kier molecular flexibility index (Phi) is 2.53. The summed E-state index contributed by atoms with van der Waals surface area (Å²) in [6.07, 6.45) is 0. The summed E-state index contributed by atoms with van der Waals surface area (Å²) in [7, 11) is 1.57. The summed E-state index contributed by atoms with van der Waals surface area (Å²) in [5, 5.41) is 0. The lowest BCUT2D eigenvalue weighted by atomic mass is 10.1. The molecule has 0 bridgehead atoms. The van der Waals surface area contributed by atoms with E-state index in [1.54, 1.807) is 12.6 Å². The lowest BCUT2D eigenvalue weighted by molar-refractivity contribution is 0.411. The highest BCUT2D eigenvalue weighted by molar-refractivity contribution is 5.60. The highest BCUT2D eigenvalue weighted by Crippen LogP contribution is 2.28. The Hall–Kier alpha value is -1.25. The summed E-state index contributed by atoms with van der Waals surface area (Å²) >= 11 is 0. The molecule has 0 aliphatic heterocycles. The summed E-state index contributed by atoms with van der Waals surface area (Å²) in [4.78, 5) is 0. The van der Waals surface area contributed by atoms with E-state index in [1.807, 2.05) is 26.0 Å². The maximum atomic E-state index is 12.3. The smallest absolute Gasteiger partial charge is 0.123 e. The molecule has 2 nitrogen and oxygen atoms in total. The van der Waals surface area contributed by atoms with Crippen molar-refractivity contribution in [3.63, 3.8) is 0 Å². The van der Waals surface area contributed by atoms with Gasteiger partial charge in [-0.2, -0.15) is 0 Å². The number of nitrogens with one attached hydrogen (secondary N) is 1. The van der Waals surface area contributed by atoms with Gasteiger partial charge in [-0.1, -0.05) is 6.07 Å². The van der Waals surface area contributed by atoms with Crippen molar-refractivity contribution in [3.8, 4) is 5.75 Å². The second-order valence-corrected chi connectivity index (χ2v) is 2.68. The lowest BCUT2D eigenvalue weighted by Crippen LogP contribution is -1.94. The molecule has 0 saturated heterocycles. The Morgan fingerprint density at radius 3 is 2.50 bits per heavy atom. The third-order valence-electron chi connectivity index (χ3n) is 1.94. The summed E-state index contributed by atoms with van der Waals surface area (Å²) in [5.41, 5.74) is 3.82. The zero-order chi connectivity index (χ0) is 9.14. The topological polar surface area (TPSA) is 21.3 Å². The second kappa shape index (κ2) is 3.43. The predicted octanol–water partition coefficient (Wildman–Crippen LogP) is 2.61. The SMILES string of the molecule is COc1ccc(C)c(NF)c1C. The molecule has 0 amide bonds. The molecule has 0 atom stereocenters. The summed E-state index contributed by atoms with van der Waals surface area (Å²) in [6.45, 7) is 3.65. The first-order valence-electron chi connectivity index (χ1n) is 3.71. The molecule has 1 N–H and O–H groups in total. The van der Waals surface area contributed by atoms with Crippen molar-refractivity contribution in [1.82, 2.24) is 0 Å². The quantitative estimate of drug-likeness (QED) is 0.687. The molecule has 0 unspecified atom stereocenters. The number of ether oxygens (including phenoxy) is 1. The molecule has 0 radical (unpaired) electrons. The minimum Gasteiger partial charge on any atom is -0.496 e. The molecular weight excluding hydrogens is 157 g/mol. The molecule has 0 aliphatic carbocycles. The van der Waals surface area contributed by atoms with Crippen molar-refractivity contribution in [2.75, 3.05) is 12.6 Å². The number of anilines is 1. The fraction of sp³-hybridized carbons (Fsp3) is 0.333. The molecule has 0 aromatic heterocycles. The number of halogens is 1. The molecular formula is C9H12FNO. The van der Waals surface area contributed by atoms with E-state index in [-0.39, 0.29) is 0 Å². The average Bonchev–Trinajstić information content (AvgIpc) is 2.06. The normalized spacial score (nSPS) is 9.67. The van der Waals surface area contributed by atoms with Crippen molar-refractivity contribution in [2.24, 2.45) is 0 Å². The van der Waals surface area contributed by atoms with Crippen LogP contribution in [0.3, 0.4) is 0 Å². The minimum atomic E-state index is 0.495. The van der Waals surface area contributed by atoms with Crippen molar-refractivity contribution < 1.29 is 9.22 Å². The number of hydrogen-bond acceptors (Lipinski definition) is 2. The van der Waals surface area contributed by atoms with Gasteiger partial charge in [0.1, 0.15) is 5.75 Å². The van der Waals surface area contributed by atoms with Gasteiger partial charge in [-0.25, -0.2) is 5.54 Å². The number of methoxy groups -OCH3 is 1. The van der Waals surface area contributed by atoms with Crippen LogP contribution < -0.4 is 10.3 Å². The van der Waals surface area contributed by atoms with Crippen molar-refractivity contribution in [2.45, 2.75) is 13.8 Å². The second-order valence-electron chi connectivity index (χ2n) is 2.68. The van der Waals surface area contributed by atoms with Crippen LogP contribution >= 0.6 is 0 Å². The largest absolute Gasteiger partial charge is 0.496 e. The molecule has 1 aromatic carbocycles. The molecule has 1 aromatic rings. The number of hydrogen-bond donors (Lipinski definition) is 1. The van der Waals surface area contributed by atoms with Crippen LogP contribution in [-0.4, -0.2) is 7.11 Å². The van der Waals surface area contributed by atoms with E-state index < -0.39 is 0 Å². The fourth-order valence-electron chi connectivity index (χ4n) is 1.19. The third-order valence-corrected chi connectivity index (χ3v) is 1.94. The zero-order valence-corrected chi connectivity index (χ0v) is 7.44. The monoisotopic (exact) mass is 169 g/mol. The average molecular weight is 169 g/mol. The molecule has 1 rings (SSSR count). The maximum absolute atomic E-state index is 12.3. The van der Waals surface area contributed by atoms with E-state index in [9.17, 15) is 4.48 Å². The van der Waals surface area contributed by atoms with Gasteiger partial charge in [-0.15, -0.1) is 4.48 Å². The van der Waals surface area contributed by atoms with Gasteiger partial charge in [0.15, 0.2) is 0 Å². The summed E-state index contributed by atoms with van der Waals surface area (Å²) < 4.78 is 17.3. The van der Waals surface area contributed by atoms with Crippen LogP contribution in [0.5, 0.6) is 5.75 Å². The van der Waals surface area contributed by atoms with Crippen LogP contribution in [0.15, 0.2) is 12.1 Å². The molecule has 0 aliphatic rings. The van der Waals surface area contributed by atoms with Crippen molar-refractivity contribution in [3.05, 3.63) is 23.3 Å². The highest BCUT2D eigenvalue weighted by atomic mass is 19.2. The molecule has 66 valence electrons. The lowest BCUT2D eigenvalue weighted by Gasteiger charge is -2.10. The van der Waals surface area contributed by atoms with Crippen molar-refractivity contribution in [1.29, 1.82) is 0 Å². The Morgan fingerprint density at radius 1 is 1.33 bits per heavy atom. The fourth-order valence-corrected chi connectivity index (χ4v) is 1.19. The maximum Gasteiger partial charge on any atom is 0.123 e. The van der Waals surface area contributed by atoms with Gasteiger partial charge in [0, 0.05) is 5.56 Å². The zero-order valence-electron chi connectivity index (χ0n) is 7.44. The predicted molar refractivity (Wildman–Crippen MR) is 47.2 cm³/mol. The summed E-state index contributed by atoms with van der Waals surface area (Å²) in [6, 6.07) is 3.64. The van der Waals surface area contributed by atoms with E-state index in [4.69, 9.17) is 4.74 Å². The van der Waals surface area contributed by atoms with Gasteiger partial charge in [0.2, 0.25) is 0 Å². The van der Waals surface area contributed by atoms with Crippen LogP contribution in [0.4, 0.5) is 10.2 Å². The van der Waals surface area contributed by atoms with E-state index in [1.165, 1.54) is 0 Å². The van der Waals surface area contributed by atoms with Crippen LogP contribution in [0, 0.1) is 13.8 Å². The van der Waals surface area contributed by atoms with Crippen LogP contribution in [0.25, 0.3) is 0 Å². The Bertz CT molecular complexity index is 286. The molecule has 12 heavy (non-hydrogen) atoms. The van der Waals surface area contributed by atoms with E-state index in [0.29, 0.717) is 11.4 Å². The number of rotatable bonds is 2.